The summed E-state index contributed by atoms with van der Waals surface area (Å²) < 4.78 is 0. The lowest BCUT2D eigenvalue weighted by Gasteiger charge is -2.33. The van der Waals surface area contributed by atoms with Gasteiger partial charge in [-0.3, -0.25) is 4.90 Å². The Morgan fingerprint density at radius 2 is 2.08 bits per heavy atom. The van der Waals surface area contributed by atoms with Crippen LogP contribution in [0.3, 0.4) is 0 Å². The molecule has 1 aliphatic heterocycles. The summed E-state index contributed by atoms with van der Waals surface area (Å²) in [7, 11) is 0. The molecule has 0 saturated carbocycles. The maximum atomic E-state index is 5.80. The predicted molar refractivity (Wildman–Crippen MR) is 61.3 cm³/mol. The summed E-state index contributed by atoms with van der Waals surface area (Å²) in [5.74, 6) is 2.59. The summed E-state index contributed by atoms with van der Waals surface area (Å²) in [6.07, 6.45) is 3.91. The molecular formula is C10H22N2S. The molecule has 1 saturated heterocycles. The van der Waals surface area contributed by atoms with Crippen LogP contribution in [0.25, 0.3) is 0 Å². The highest BCUT2D eigenvalue weighted by Gasteiger charge is 2.18. The number of unbranched alkanes of at least 4 members (excludes halogenated alkanes) is 1. The van der Waals surface area contributed by atoms with Gasteiger partial charge >= 0.3 is 0 Å². The average molecular weight is 202 g/mol. The zero-order chi connectivity index (χ0) is 9.52. The Kier molecular flexibility index (Phi) is 5.83. The van der Waals surface area contributed by atoms with Crippen LogP contribution < -0.4 is 5.73 Å². The van der Waals surface area contributed by atoms with Gasteiger partial charge in [0.25, 0.3) is 0 Å². The molecule has 0 spiro atoms. The van der Waals surface area contributed by atoms with Crippen molar-refractivity contribution in [3.63, 3.8) is 0 Å². The van der Waals surface area contributed by atoms with Crippen LogP contribution >= 0.6 is 11.8 Å². The Bertz CT molecular complexity index is 124. The fourth-order valence-corrected chi connectivity index (χ4v) is 2.76. The second kappa shape index (κ2) is 6.68. The molecule has 78 valence electrons. The normalized spacial score (nSPS) is 21.7. The number of hydrogen-bond donors (Lipinski definition) is 1. The van der Waals surface area contributed by atoms with Gasteiger partial charge < -0.3 is 5.73 Å². The summed E-state index contributed by atoms with van der Waals surface area (Å²) in [5.41, 5.74) is 5.80. The first-order valence-electron chi connectivity index (χ1n) is 5.40. The smallest absolute Gasteiger partial charge is 0.0219 e. The molecule has 0 aromatic rings. The second-order valence-electron chi connectivity index (χ2n) is 3.68. The number of thioether (sulfide) groups is 1. The second-order valence-corrected chi connectivity index (χ2v) is 4.90. The molecule has 13 heavy (non-hydrogen) atoms. The largest absolute Gasteiger partial charge is 0.329 e. The van der Waals surface area contributed by atoms with E-state index in [1.165, 1.54) is 43.9 Å². The van der Waals surface area contributed by atoms with Gasteiger partial charge in [0.1, 0.15) is 0 Å². The standard InChI is InChI=1S/C10H22N2S/c1-2-3-4-10(9-11)12-5-7-13-8-6-12/h10H,2-9,11H2,1H3. The van der Waals surface area contributed by atoms with Gasteiger partial charge in [0, 0.05) is 37.2 Å². The van der Waals surface area contributed by atoms with Gasteiger partial charge in [0.2, 0.25) is 0 Å². The summed E-state index contributed by atoms with van der Waals surface area (Å²) in [6, 6.07) is 0.654. The minimum atomic E-state index is 0.654. The lowest BCUT2D eigenvalue weighted by atomic mass is 10.1. The van der Waals surface area contributed by atoms with Crippen molar-refractivity contribution in [3.05, 3.63) is 0 Å². The Labute approximate surface area is 86.2 Å². The van der Waals surface area contributed by atoms with Crippen LogP contribution in [0.4, 0.5) is 0 Å². The van der Waals surface area contributed by atoms with Crippen molar-refractivity contribution in [2.24, 2.45) is 5.73 Å². The first kappa shape index (κ1) is 11.3. The summed E-state index contributed by atoms with van der Waals surface area (Å²) in [6.45, 7) is 5.58. The van der Waals surface area contributed by atoms with E-state index in [9.17, 15) is 0 Å². The molecule has 1 aliphatic rings. The molecule has 2 N–H and O–H groups in total. The minimum absolute atomic E-state index is 0.654. The fraction of sp³-hybridized carbons (Fsp3) is 1.00. The molecule has 3 heteroatoms. The molecule has 1 heterocycles. The van der Waals surface area contributed by atoms with Gasteiger partial charge in [-0.05, 0) is 6.42 Å². The monoisotopic (exact) mass is 202 g/mol. The third-order valence-electron chi connectivity index (χ3n) is 2.73. The van der Waals surface area contributed by atoms with Gasteiger partial charge in [-0.1, -0.05) is 19.8 Å². The van der Waals surface area contributed by atoms with Crippen LogP contribution in [0.5, 0.6) is 0 Å². The van der Waals surface area contributed by atoms with E-state index in [2.05, 4.69) is 23.6 Å². The van der Waals surface area contributed by atoms with Gasteiger partial charge in [0.05, 0.1) is 0 Å². The Morgan fingerprint density at radius 1 is 1.38 bits per heavy atom. The maximum absolute atomic E-state index is 5.80. The number of rotatable bonds is 5. The van der Waals surface area contributed by atoms with E-state index in [0.717, 1.165) is 6.54 Å². The lowest BCUT2D eigenvalue weighted by Crippen LogP contribution is -2.45. The van der Waals surface area contributed by atoms with Crippen LogP contribution in [0.15, 0.2) is 0 Å². The van der Waals surface area contributed by atoms with Crippen molar-refractivity contribution in [1.82, 2.24) is 4.90 Å². The van der Waals surface area contributed by atoms with Gasteiger partial charge in [-0.25, -0.2) is 0 Å². The quantitative estimate of drug-likeness (QED) is 0.733. The van der Waals surface area contributed by atoms with Gasteiger partial charge in [-0.2, -0.15) is 11.8 Å². The van der Waals surface area contributed by atoms with E-state index in [1.807, 2.05) is 0 Å². The maximum Gasteiger partial charge on any atom is 0.0219 e. The van der Waals surface area contributed by atoms with E-state index in [0.29, 0.717) is 6.04 Å². The van der Waals surface area contributed by atoms with Gasteiger partial charge in [-0.15, -0.1) is 0 Å². The zero-order valence-electron chi connectivity index (χ0n) is 8.67. The molecule has 2 nitrogen and oxygen atoms in total. The highest BCUT2D eigenvalue weighted by molar-refractivity contribution is 7.99. The van der Waals surface area contributed by atoms with Crippen molar-refractivity contribution in [2.75, 3.05) is 31.1 Å². The van der Waals surface area contributed by atoms with Crippen molar-refractivity contribution in [2.45, 2.75) is 32.2 Å². The minimum Gasteiger partial charge on any atom is -0.329 e. The molecule has 0 bridgehead atoms. The Balaban J connectivity index is 2.26. The lowest BCUT2D eigenvalue weighted by molar-refractivity contribution is 0.207. The molecule has 0 aromatic heterocycles. The van der Waals surface area contributed by atoms with Crippen LogP contribution in [0.2, 0.25) is 0 Å². The Morgan fingerprint density at radius 3 is 2.62 bits per heavy atom. The van der Waals surface area contributed by atoms with E-state index in [4.69, 9.17) is 5.73 Å². The van der Waals surface area contributed by atoms with Gasteiger partial charge in [0.15, 0.2) is 0 Å². The van der Waals surface area contributed by atoms with E-state index >= 15 is 0 Å². The predicted octanol–water partition coefficient (Wildman–Crippen LogP) is 1.55. The molecule has 0 aromatic carbocycles. The Hall–Kier alpha value is 0.270. The molecule has 1 fully saturated rings. The molecule has 1 rings (SSSR count). The number of nitrogens with zero attached hydrogens (tertiary/aromatic N) is 1. The van der Waals surface area contributed by atoms with E-state index in [1.54, 1.807) is 0 Å². The third kappa shape index (κ3) is 3.88. The molecule has 1 unspecified atom stereocenters. The summed E-state index contributed by atoms with van der Waals surface area (Å²) >= 11 is 2.07. The molecule has 0 aliphatic carbocycles. The first-order valence-corrected chi connectivity index (χ1v) is 6.55. The molecule has 0 amide bonds. The fourth-order valence-electron chi connectivity index (χ4n) is 1.83. The van der Waals surface area contributed by atoms with Crippen molar-refractivity contribution in [3.8, 4) is 0 Å². The number of nitrogens with two attached hydrogens (primary N) is 1. The van der Waals surface area contributed by atoms with E-state index in [-0.39, 0.29) is 0 Å². The highest BCUT2D eigenvalue weighted by atomic mass is 32.2. The molecule has 0 radical (unpaired) electrons. The van der Waals surface area contributed by atoms with Crippen molar-refractivity contribution >= 4 is 11.8 Å². The van der Waals surface area contributed by atoms with Crippen molar-refractivity contribution in [1.29, 1.82) is 0 Å². The average Bonchev–Trinajstić information content (AvgIpc) is 2.21. The van der Waals surface area contributed by atoms with Crippen LogP contribution in [0, 0.1) is 0 Å². The number of hydrogen-bond acceptors (Lipinski definition) is 3. The van der Waals surface area contributed by atoms with Crippen LogP contribution in [0.1, 0.15) is 26.2 Å². The van der Waals surface area contributed by atoms with E-state index < -0.39 is 0 Å². The first-order chi connectivity index (χ1) is 6.38. The topological polar surface area (TPSA) is 29.3 Å². The van der Waals surface area contributed by atoms with Crippen LogP contribution in [-0.4, -0.2) is 42.1 Å². The SMILES string of the molecule is CCCCC(CN)N1CCSCC1. The third-order valence-corrected chi connectivity index (χ3v) is 3.67. The molecular weight excluding hydrogens is 180 g/mol. The highest BCUT2D eigenvalue weighted by Crippen LogP contribution is 2.15. The van der Waals surface area contributed by atoms with Crippen LogP contribution in [-0.2, 0) is 0 Å². The van der Waals surface area contributed by atoms with Crippen molar-refractivity contribution < 1.29 is 0 Å². The zero-order valence-corrected chi connectivity index (χ0v) is 9.48. The molecule has 1 atom stereocenters. The summed E-state index contributed by atoms with van der Waals surface area (Å²) in [4.78, 5) is 2.58. The summed E-state index contributed by atoms with van der Waals surface area (Å²) in [5, 5.41) is 0.